The predicted molar refractivity (Wildman–Crippen MR) is 84.6 cm³/mol. The molecule has 0 radical (unpaired) electrons. The van der Waals surface area contributed by atoms with Crippen LogP contribution < -0.4 is 5.32 Å². The van der Waals surface area contributed by atoms with Crippen molar-refractivity contribution in [2.45, 2.75) is 31.7 Å². The highest BCUT2D eigenvalue weighted by Gasteiger charge is 2.27. The van der Waals surface area contributed by atoms with Crippen molar-refractivity contribution in [3.63, 3.8) is 0 Å². The zero-order valence-electron chi connectivity index (χ0n) is 12.3. The number of amides is 1. The smallest absolute Gasteiger partial charge is 0.326 e. The SMILES string of the molecule is O=C(CC1CC1)NC(Cc1cccc2ccccc12)C(=O)O. The summed E-state index contributed by atoms with van der Waals surface area (Å²) in [6.07, 6.45) is 2.90. The minimum Gasteiger partial charge on any atom is -0.480 e. The highest BCUT2D eigenvalue weighted by atomic mass is 16.4. The van der Waals surface area contributed by atoms with Crippen molar-refractivity contribution in [1.82, 2.24) is 5.32 Å². The van der Waals surface area contributed by atoms with Crippen LogP contribution in [0.2, 0.25) is 0 Å². The molecule has 0 aliphatic heterocycles. The summed E-state index contributed by atoms with van der Waals surface area (Å²) < 4.78 is 0. The molecule has 1 amide bonds. The van der Waals surface area contributed by atoms with Crippen molar-refractivity contribution < 1.29 is 14.7 Å². The van der Waals surface area contributed by atoms with Gasteiger partial charge < -0.3 is 10.4 Å². The van der Waals surface area contributed by atoms with Gasteiger partial charge in [0.15, 0.2) is 0 Å². The summed E-state index contributed by atoms with van der Waals surface area (Å²) in [5.41, 5.74) is 0.942. The quantitative estimate of drug-likeness (QED) is 0.861. The van der Waals surface area contributed by atoms with Gasteiger partial charge in [-0.05, 0) is 35.1 Å². The highest BCUT2D eigenvalue weighted by molar-refractivity contribution is 5.88. The first-order valence-corrected chi connectivity index (χ1v) is 7.62. The van der Waals surface area contributed by atoms with Crippen LogP contribution in [0.5, 0.6) is 0 Å². The topological polar surface area (TPSA) is 66.4 Å². The summed E-state index contributed by atoms with van der Waals surface area (Å²) in [5.74, 6) is -0.695. The second-order valence-corrected chi connectivity index (χ2v) is 5.95. The van der Waals surface area contributed by atoms with Crippen LogP contribution >= 0.6 is 0 Å². The first-order valence-electron chi connectivity index (χ1n) is 7.62. The van der Waals surface area contributed by atoms with Crippen LogP contribution in [0.4, 0.5) is 0 Å². The Morgan fingerprint density at radius 2 is 1.86 bits per heavy atom. The molecule has 3 rings (SSSR count). The Kier molecular flexibility index (Phi) is 4.09. The van der Waals surface area contributed by atoms with Gasteiger partial charge in [0.25, 0.3) is 0 Å². The molecule has 4 nitrogen and oxygen atoms in total. The van der Waals surface area contributed by atoms with Crippen molar-refractivity contribution in [1.29, 1.82) is 0 Å². The Balaban J connectivity index is 1.77. The lowest BCUT2D eigenvalue weighted by Crippen LogP contribution is -2.42. The molecule has 1 saturated carbocycles. The third-order valence-electron chi connectivity index (χ3n) is 4.11. The molecule has 4 heteroatoms. The molecule has 1 aliphatic carbocycles. The van der Waals surface area contributed by atoms with Crippen molar-refractivity contribution in [3.05, 3.63) is 48.0 Å². The van der Waals surface area contributed by atoms with Crippen LogP contribution in [0.15, 0.2) is 42.5 Å². The van der Waals surface area contributed by atoms with Gasteiger partial charge in [-0.3, -0.25) is 4.79 Å². The first-order chi connectivity index (χ1) is 10.6. The zero-order chi connectivity index (χ0) is 15.5. The largest absolute Gasteiger partial charge is 0.480 e. The number of carboxylic acids is 1. The van der Waals surface area contributed by atoms with Gasteiger partial charge in [-0.2, -0.15) is 0 Å². The van der Waals surface area contributed by atoms with Gasteiger partial charge in [0.2, 0.25) is 5.91 Å². The molecule has 1 aliphatic rings. The van der Waals surface area contributed by atoms with E-state index in [1.165, 1.54) is 0 Å². The molecule has 0 aromatic heterocycles. The number of fused-ring (bicyclic) bond motifs is 1. The lowest BCUT2D eigenvalue weighted by Gasteiger charge is -2.16. The van der Waals surface area contributed by atoms with Crippen LogP contribution in [-0.4, -0.2) is 23.0 Å². The lowest BCUT2D eigenvalue weighted by molar-refractivity contribution is -0.141. The van der Waals surface area contributed by atoms with Crippen LogP contribution in [0.25, 0.3) is 10.8 Å². The van der Waals surface area contributed by atoms with E-state index in [9.17, 15) is 14.7 Å². The van der Waals surface area contributed by atoms with Crippen molar-refractivity contribution >= 4 is 22.6 Å². The zero-order valence-corrected chi connectivity index (χ0v) is 12.3. The Morgan fingerprint density at radius 3 is 2.59 bits per heavy atom. The van der Waals surface area contributed by atoms with E-state index < -0.39 is 12.0 Å². The number of benzene rings is 2. The maximum absolute atomic E-state index is 11.9. The van der Waals surface area contributed by atoms with Gasteiger partial charge in [-0.1, -0.05) is 42.5 Å². The second kappa shape index (κ2) is 6.18. The molecular weight excluding hydrogens is 278 g/mol. The minimum absolute atomic E-state index is 0.157. The molecular formula is C18H19NO3. The van der Waals surface area contributed by atoms with Crippen molar-refractivity contribution in [3.8, 4) is 0 Å². The van der Waals surface area contributed by atoms with E-state index in [1.54, 1.807) is 0 Å². The summed E-state index contributed by atoms with van der Waals surface area (Å²) >= 11 is 0. The maximum atomic E-state index is 11.9. The molecule has 2 aromatic rings. The normalized spacial score (nSPS) is 15.5. The molecule has 1 atom stereocenters. The molecule has 2 aromatic carbocycles. The Bertz CT molecular complexity index is 701. The van der Waals surface area contributed by atoms with E-state index in [4.69, 9.17) is 0 Å². The van der Waals surface area contributed by atoms with Crippen molar-refractivity contribution in [2.75, 3.05) is 0 Å². The fraction of sp³-hybridized carbons (Fsp3) is 0.333. The first kappa shape index (κ1) is 14.6. The number of hydrogen-bond donors (Lipinski definition) is 2. The predicted octanol–water partition coefficient (Wildman–Crippen LogP) is 2.75. The maximum Gasteiger partial charge on any atom is 0.326 e. The van der Waals surface area contributed by atoms with Gasteiger partial charge in [0.05, 0.1) is 0 Å². The summed E-state index contributed by atoms with van der Waals surface area (Å²) in [4.78, 5) is 23.3. The number of carbonyl (C=O) groups is 2. The van der Waals surface area contributed by atoms with Crippen LogP contribution in [0.3, 0.4) is 0 Å². The van der Waals surface area contributed by atoms with E-state index in [1.807, 2.05) is 42.5 Å². The van der Waals surface area contributed by atoms with Crippen LogP contribution in [0, 0.1) is 5.92 Å². The second-order valence-electron chi connectivity index (χ2n) is 5.95. The van der Waals surface area contributed by atoms with Crippen LogP contribution in [-0.2, 0) is 16.0 Å². The molecule has 0 saturated heterocycles. The number of nitrogens with one attached hydrogen (secondary N) is 1. The summed E-state index contributed by atoms with van der Waals surface area (Å²) in [7, 11) is 0. The molecule has 0 spiro atoms. The minimum atomic E-state index is -0.989. The molecule has 0 bridgehead atoms. The lowest BCUT2D eigenvalue weighted by atomic mass is 9.98. The van der Waals surface area contributed by atoms with Gasteiger partial charge in [0, 0.05) is 12.8 Å². The summed E-state index contributed by atoms with van der Waals surface area (Å²) in [5, 5.41) is 14.2. The van der Waals surface area contributed by atoms with E-state index in [-0.39, 0.29) is 5.91 Å². The average molecular weight is 297 g/mol. The number of aliphatic carboxylic acids is 1. The van der Waals surface area contributed by atoms with E-state index in [0.29, 0.717) is 18.8 Å². The Morgan fingerprint density at radius 1 is 1.14 bits per heavy atom. The number of carboxylic acid groups (broad SMARTS) is 1. The van der Waals surface area contributed by atoms with Crippen LogP contribution in [0.1, 0.15) is 24.8 Å². The number of carbonyl (C=O) groups excluding carboxylic acids is 1. The van der Waals surface area contributed by atoms with E-state index >= 15 is 0 Å². The van der Waals surface area contributed by atoms with Gasteiger partial charge in [-0.15, -0.1) is 0 Å². The number of hydrogen-bond acceptors (Lipinski definition) is 2. The number of rotatable bonds is 6. The third-order valence-corrected chi connectivity index (χ3v) is 4.11. The monoisotopic (exact) mass is 297 g/mol. The van der Waals surface area contributed by atoms with Gasteiger partial charge in [0.1, 0.15) is 6.04 Å². The molecule has 2 N–H and O–H groups in total. The Labute approximate surface area is 129 Å². The molecule has 1 fully saturated rings. The van der Waals surface area contributed by atoms with E-state index in [2.05, 4.69) is 5.32 Å². The van der Waals surface area contributed by atoms with Crippen molar-refractivity contribution in [2.24, 2.45) is 5.92 Å². The molecule has 114 valence electrons. The molecule has 1 unspecified atom stereocenters. The Hall–Kier alpha value is -2.36. The summed E-state index contributed by atoms with van der Waals surface area (Å²) in [6, 6.07) is 12.8. The standard InChI is InChI=1S/C18H19NO3/c20-17(10-12-8-9-12)19-16(18(21)22)11-14-6-3-5-13-4-1-2-7-15(13)14/h1-7,12,16H,8-11H2,(H,19,20)(H,21,22). The van der Waals surface area contributed by atoms with Gasteiger partial charge >= 0.3 is 5.97 Å². The van der Waals surface area contributed by atoms with E-state index in [0.717, 1.165) is 29.2 Å². The highest BCUT2D eigenvalue weighted by Crippen LogP contribution is 2.32. The third kappa shape index (κ3) is 3.45. The molecule has 0 heterocycles. The summed E-state index contributed by atoms with van der Waals surface area (Å²) in [6.45, 7) is 0. The van der Waals surface area contributed by atoms with Gasteiger partial charge in [-0.25, -0.2) is 4.79 Å². The average Bonchev–Trinajstić information content (AvgIpc) is 3.30. The molecule has 22 heavy (non-hydrogen) atoms. The fourth-order valence-corrected chi connectivity index (χ4v) is 2.73. The fourth-order valence-electron chi connectivity index (χ4n) is 2.73.